The van der Waals surface area contributed by atoms with Crippen LogP contribution in [0.15, 0.2) is 18.2 Å². The smallest absolute Gasteiger partial charge is 0.458 e. The molecule has 1 aliphatic heterocycles. The van der Waals surface area contributed by atoms with Crippen LogP contribution < -0.4 is 20.3 Å². The lowest BCUT2D eigenvalue weighted by atomic mass is 10.2. The van der Waals surface area contributed by atoms with Crippen LogP contribution in [0.25, 0.3) is 0 Å². The van der Waals surface area contributed by atoms with E-state index < -0.39 is 18.1 Å². The van der Waals surface area contributed by atoms with Gasteiger partial charge in [0.2, 0.25) is 5.82 Å². The second-order valence-electron chi connectivity index (χ2n) is 4.18. The first-order valence-electron chi connectivity index (χ1n) is 6.02. The van der Waals surface area contributed by atoms with E-state index in [9.17, 15) is 14.8 Å². The van der Waals surface area contributed by atoms with E-state index in [2.05, 4.69) is 4.98 Å². The maximum absolute atomic E-state index is 11.8. The molecule has 0 aromatic carbocycles. The SMILES string of the molecule is O=C(O)Nc1cc(N2CC=CCC2)nc(NC(=O)O)[n+]1[O-]. The summed E-state index contributed by atoms with van der Waals surface area (Å²) in [6.45, 7) is 1.17. The molecule has 0 radical (unpaired) electrons. The van der Waals surface area contributed by atoms with Crippen molar-refractivity contribution in [2.75, 3.05) is 28.6 Å². The van der Waals surface area contributed by atoms with Gasteiger partial charge in [0.1, 0.15) is 0 Å². The number of nitrogens with one attached hydrogen (secondary N) is 2. The van der Waals surface area contributed by atoms with Crippen LogP contribution >= 0.6 is 0 Å². The van der Waals surface area contributed by atoms with E-state index in [-0.39, 0.29) is 10.5 Å². The zero-order chi connectivity index (χ0) is 15.4. The molecule has 2 heterocycles. The van der Waals surface area contributed by atoms with Gasteiger partial charge in [-0.05, 0) is 6.42 Å². The molecule has 0 saturated carbocycles. The van der Waals surface area contributed by atoms with Gasteiger partial charge in [-0.25, -0.2) is 19.6 Å². The predicted octanol–water partition coefficient (Wildman–Crippen LogP) is 0.661. The highest BCUT2D eigenvalue weighted by Gasteiger charge is 2.21. The summed E-state index contributed by atoms with van der Waals surface area (Å²) >= 11 is 0. The minimum absolute atomic E-state index is 0.0749. The zero-order valence-electron chi connectivity index (χ0n) is 10.8. The molecule has 1 aliphatic rings. The predicted molar refractivity (Wildman–Crippen MR) is 72.5 cm³/mol. The van der Waals surface area contributed by atoms with Crippen LogP contribution in [0.5, 0.6) is 0 Å². The fraction of sp³-hybridized carbons (Fsp3) is 0.273. The van der Waals surface area contributed by atoms with Crippen molar-refractivity contribution in [2.24, 2.45) is 0 Å². The number of carbonyl (C=O) groups is 2. The van der Waals surface area contributed by atoms with Crippen LogP contribution in [-0.4, -0.2) is 40.5 Å². The van der Waals surface area contributed by atoms with Gasteiger partial charge in [-0.15, -0.1) is 0 Å². The van der Waals surface area contributed by atoms with E-state index in [1.165, 1.54) is 6.07 Å². The molecule has 2 amide bonds. The Kier molecular flexibility index (Phi) is 4.07. The first kappa shape index (κ1) is 14.4. The maximum Gasteiger partial charge on any atom is 0.458 e. The van der Waals surface area contributed by atoms with Gasteiger partial charge in [0.05, 0.1) is 6.07 Å². The fourth-order valence-electron chi connectivity index (χ4n) is 1.86. The molecule has 2 rings (SSSR count). The molecule has 4 N–H and O–H groups in total. The minimum Gasteiger partial charge on any atom is -0.754 e. The van der Waals surface area contributed by atoms with Gasteiger partial charge in [0, 0.05) is 13.1 Å². The first-order valence-corrected chi connectivity index (χ1v) is 6.02. The summed E-state index contributed by atoms with van der Waals surface area (Å²) in [6.07, 6.45) is 1.76. The Balaban J connectivity index is 2.41. The third kappa shape index (κ3) is 3.49. The maximum atomic E-state index is 11.8. The van der Waals surface area contributed by atoms with Gasteiger partial charge in [0.25, 0.3) is 0 Å². The summed E-state index contributed by atoms with van der Waals surface area (Å²) in [5.41, 5.74) is 0. The summed E-state index contributed by atoms with van der Waals surface area (Å²) in [5, 5.41) is 33.0. The summed E-state index contributed by atoms with van der Waals surface area (Å²) < 4.78 is 0.0749. The van der Waals surface area contributed by atoms with Gasteiger partial charge >= 0.3 is 18.1 Å². The van der Waals surface area contributed by atoms with Gasteiger partial charge in [-0.2, -0.15) is 5.32 Å². The fourth-order valence-corrected chi connectivity index (χ4v) is 1.86. The summed E-state index contributed by atoms with van der Waals surface area (Å²) in [6, 6.07) is 1.26. The molecule has 0 atom stereocenters. The summed E-state index contributed by atoms with van der Waals surface area (Å²) in [5.74, 6) is -0.539. The van der Waals surface area contributed by atoms with Crippen molar-refractivity contribution in [1.82, 2.24) is 4.98 Å². The normalized spacial score (nSPS) is 13.8. The van der Waals surface area contributed by atoms with Crippen molar-refractivity contribution in [1.29, 1.82) is 0 Å². The third-order valence-corrected chi connectivity index (χ3v) is 2.73. The van der Waals surface area contributed by atoms with E-state index in [1.54, 1.807) is 4.90 Å². The standard InChI is InChI=1S/C11H13N5O5/c17-10(18)13-8-6-7(15-4-2-1-3-5-15)12-9(16(8)21)14-11(19)20/h1-2,6,13H,3-5H2,(H,12,14)(H,17,18)(H,19,20). The van der Waals surface area contributed by atoms with Crippen LogP contribution in [0, 0.1) is 5.21 Å². The molecule has 0 aliphatic carbocycles. The molecule has 0 saturated heterocycles. The van der Waals surface area contributed by atoms with Gasteiger partial charge in [-0.1, -0.05) is 17.1 Å². The Bertz CT molecular complexity index is 566. The average Bonchev–Trinajstić information content (AvgIpc) is 2.43. The van der Waals surface area contributed by atoms with E-state index in [0.717, 1.165) is 6.42 Å². The number of amides is 2. The largest absolute Gasteiger partial charge is 0.754 e. The highest BCUT2D eigenvalue weighted by Crippen LogP contribution is 2.19. The number of rotatable bonds is 3. The second kappa shape index (κ2) is 5.94. The lowest BCUT2D eigenvalue weighted by Gasteiger charge is -2.24. The molecule has 1 aromatic heterocycles. The number of aromatic nitrogens is 2. The molecule has 1 aromatic rings. The topological polar surface area (TPSA) is 142 Å². The zero-order valence-corrected chi connectivity index (χ0v) is 10.8. The molecule has 10 nitrogen and oxygen atoms in total. The number of carboxylic acid groups (broad SMARTS) is 2. The van der Waals surface area contributed by atoms with Crippen molar-refractivity contribution >= 4 is 29.8 Å². The Morgan fingerprint density at radius 1 is 1.29 bits per heavy atom. The third-order valence-electron chi connectivity index (χ3n) is 2.73. The Hall–Kier alpha value is -3.04. The molecular formula is C11H13N5O5. The van der Waals surface area contributed by atoms with E-state index in [1.807, 2.05) is 22.8 Å². The first-order chi connectivity index (χ1) is 9.97. The molecule has 21 heavy (non-hydrogen) atoms. The van der Waals surface area contributed by atoms with E-state index >= 15 is 0 Å². The van der Waals surface area contributed by atoms with Crippen molar-refractivity contribution in [3.8, 4) is 0 Å². The average molecular weight is 295 g/mol. The van der Waals surface area contributed by atoms with Crippen LogP contribution in [0.3, 0.4) is 0 Å². The van der Waals surface area contributed by atoms with E-state index in [4.69, 9.17) is 10.2 Å². The van der Waals surface area contributed by atoms with Crippen LogP contribution in [0.4, 0.5) is 27.2 Å². The van der Waals surface area contributed by atoms with Crippen molar-refractivity contribution < 1.29 is 24.5 Å². The monoisotopic (exact) mass is 295 g/mol. The molecule has 0 fully saturated rings. The van der Waals surface area contributed by atoms with Crippen LogP contribution in [0.1, 0.15) is 6.42 Å². The molecule has 0 spiro atoms. The Morgan fingerprint density at radius 2 is 2.00 bits per heavy atom. The van der Waals surface area contributed by atoms with Crippen LogP contribution in [0.2, 0.25) is 0 Å². The van der Waals surface area contributed by atoms with Gasteiger partial charge in [0.15, 0.2) is 5.82 Å². The highest BCUT2D eigenvalue weighted by atomic mass is 16.5. The molecule has 10 heteroatoms. The van der Waals surface area contributed by atoms with Crippen molar-refractivity contribution in [3.05, 3.63) is 23.4 Å². The highest BCUT2D eigenvalue weighted by molar-refractivity contribution is 5.82. The lowest BCUT2D eigenvalue weighted by molar-refractivity contribution is -0.577. The summed E-state index contributed by atoms with van der Waals surface area (Å²) in [7, 11) is 0. The Labute approximate surface area is 118 Å². The Morgan fingerprint density at radius 3 is 2.57 bits per heavy atom. The molecule has 0 unspecified atom stereocenters. The molecule has 0 bridgehead atoms. The second-order valence-corrected chi connectivity index (χ2v) is 4.18. The minimum atomic E-state index is -1.47. The van der Waals surface area contributed by atoms with Gasteiger partial charge in [-0.3, -0.25) is 0 Å². The number of anilines is 3. The van der Waals surface area contributed by atoms with Crippen molar-refractivity contribution in [3.63, 3.8) is 0 Å². The van der Waals surface area contributed by atoms with E-state index in [0.29, 0.717) is 18.9 Å². The lowest BCUT2D eigenvalue weighted by Crippen LogP contribution is -2.39. The van der Waals surface area contributed by atoms with Crippen LogP contribution in [-0.2, 0) is 0 Å². The number of hydrogen-bond acceptors (Lipinski definition) is 5. The number of nitrogens with zero attached hydrogens (tertiary/aromatic N) is 3. The summed E-state index contributed by atoms with van der Waals surface area (Å²) in [4.78, 5) is 27.1. The quantitative estimate of drug-likeness (QED) is 0.364. The molecule has 112 valence electrons. The number of hydrogen-bond donors (Lipinski definition) is 4. The molecular weight excluding hydrogens is 282 g/mol. The van der Waals surface area contributed by atoms with Gasteiger partial charge < -0.3 is 20.3 Å². The van der Waals surface area contributed by atoms with Crippen molar-refractivity contribution in [2.45, 2.75) is 6.42 Å².